The van der Waals surface area contributed by atoms with Gasteiger partial charge in [-0.2, -0.15) is 5.26 Å². The Bertz CT molecular complexity index is 2700. The van der Waals surface area contributed by atoms with Gasteiger partial charge in [-0.3, -0.25) is 9.36 Å². The monoisotopic (exact) mass is 969 g/mol. The highest BCUT2D eigenvalue weighted by molar-refractivity contribution is 7.44. The smallest absolute Gasteiger partial charge is 0.318 e. The number of benzene rings is 4. The Hall–Kier alpha value is -6.51. The third-order valence-electron chi connectivity index (χ3n) is 12.4. The quantitative estimate of drug-likeness (QED) is 0.0420. The fraction of sp³-hybridized carbons (Fsp3) is 0.385. The minimum atomic E-state index is -1.89. The summed E-state index contributed by atoms with van der Waals surface area (Å²) in [4.78, 5) is 43.8. The molecule has 2 aromatic heterocycles. The van der Waals surface area contributed by atoms with Crippen LogP contribution in [0.3, 0.4) is 0 Å². The first-order valence-corrected chi connectivity index (χ1v) is 24.5. The number of fused-ring (bicyclic) bond motifs is 3. The summed E-state index contributed by atoms with van der Waals surface area (Å²) < 4.78 is 44.2. The van der Waals surface area contributed by atoms with Crippen LogP contribution in [0.5, 0.6) is 11.5 Å². The molecule has 5 atom stereocenters. The Labute approximate surface area is 410 Å². The van der Waals surface area contributed by atoms with Crippen molar-refractivity contribution in [3.63, 3.8) is 0 Å². The van der Waals surface area contributed by atoms with Crippen molar-refractivity contribution in [1.82, 2.24) is 34.4 Å². The Morgan fingerprint density at radius 2 is 1.46 bits per heavy atom. The first-order valence-electron chi connectivity index (χ1n) is 23.4. The molecular weight excluding hydrogens is 910 g/mol. The molecule has 4 aromatic carbocycles. The van der Waals surface area contributed by atoms with Gasteiger partial charge < -0.3 is 43.5 Å². The number of nitrogens with zero attached hydrogens (tertiary/aromatic N) is 7. The van der Waals surface area contributed by atoms with Crippen LogP contribution in [0.4, 0.5) is 10.6 Å². The van der Waals surface area contributed by atoms with Crippen LogP contribution in [-0.4, -0.2) is 111 Å². The molecule has 0 aliphatic carbocycles. The predicted octanol–water partition coefficient (Wildman–Crippen LogP) is 8.84. The Kier molecular flexibility index (Phi) is 15.4. The molecule has 366 valence electrons. The number of hydrogen-bond acceptors (Lipinski definition) is 13. The summed E-state index contributed by atoms with van der Waals surface area (Å²) in [6.45, 7) is 12.1. The summed E-state index contributed by atoms with van der Waals surface area (Å²) in [7, 11) is 1.36. The van der Waals surface area contributed by atoms with E-state index in [0.29, 0.717) is 28.2 Å². The lowest BCUT2D eigenvalue weighted by atomic mass is 9.79. The first kappa shape index (κ1) is 49.9. The standard InChI is InChI=1S/C52H60N9O8P/c1-34(2)57-50(63)59-30-51(31-66-52(38-18-13-10-14-19-38,39-20-24-41(64-7)25-21-39)40-22-26-42(65-8)27-23-40)45(69-70(67-29-15-28-53)61(35(3)4)36(5)6)44(59)49(68-51)60-33-56-43-46(54-32-55-47(43)60)58-48(62)37-16-11-9-12-17-37/h9-14,16-27,32-36,44-45,49H,15,29-31H2,1-8H3,(H,57,63)(H,54,55,58,62). The number of ether oxygens (including phenoxy) is 4. The number of imidazole rings is 1. The van der Waals surface area contributed by atoms with Crippen molar-refractivity contribution in [2.45, 2.75) is 95.7 Å². The molecule has 6 aromatic rings. The fourth-order valence-electron chi connectivity index (χ4n) is 9.35. The normalized spacial score (nSPS) is 19.2. The number of anilines is 1. The molecule has 2 N–H and O–H groups in total. The van der Waals surface area contributed by atoms with Gasteiger partial charge in [0.15, 0.2) is 23.2 Å². The molecule has 4 heterocycles. The zero-order chi connectivity index (χ0) is 49.6. The molecule has 2 aliphatic heterocycles. The molecule has 17 nitrogen and oxygen atoms in total. The maximum atomic E-state index is 14.7. The Morgan fingerprint density at radius 3 is 2.03 bits per heavy atom. The van der Waals surface area contributed by atoms with E-state index < -0.39 is 38.1 Å². The zero-order valence-corrected chi connectivity index (χ0v) is 41.6. The molecule has 0 radical (unpaired) electrons. The van der Waals surface area contributed by atoms with E-state index in [4.69, 9.17) is 33.0 Å². The van der Waals surface area contributed by atoms with Crippen molar-refractivity contribution >= 4 is 37.4 Å². The van der Waals surface area contributed by atoms with Gasteiger partial charge in [-0.05, 0) is 94.6 Å². The maximum Gasteiger partial charge on any atom is 0.318 e. The first-order chi connectivity index (χ1) is 33.8. The van der Waals surface area contributed by atoms with Crippen LogP contribution in [0, 0.1) is 11.3 Å². The van der Waals surface area contributed by atoms with E-state index in [9.17, 15) is 14.9 Å². The molecule has 0 spiro atoms. The van der Waals surface area contributed by atoms with Gasteiger partial charge in [0.05, 0.1) is 52.8 Å². The number of carbonyl (C=O) groups excluding carboxylic acids is 2. The van der Waals surface area contributed by atoms with Crippen molar-refractivity contribution in [3.05, 3.63) is 144 Å². The molecular formula is C52H60N9O8P. The second kappa shape index (κ2) is 21.6. The Balaban J connectivity index is 1.31. The molecule has 2 aliphatic rings. The number of morpholine rings is 1. The van der Waals surface area contributed by atoms with E-state index in [1.54, 1.807) is 54.3 Å². The summed E-state index contributed by atoms with van der Waals surface area (Å²) in [6, 6.07) is 35.0. The molecule has 2 bridgehead atoms. The third kappa shape index (κ3) is 9.93. The number of nitriles is 1. The zero-order valence-electron chi connectivity index (χ0n) is 40.7. The van der Waals surface area contributed by atoms with E-state index in [-0.39, 0.29) is 62.1 Å². The largest absolute Gasteiger partial charge is 0.497 e. The number of aromatic nitrogens is 4. The highest BCUT2D eigenvalue weighted by Gasteiger charge is 2.68. The average molecular weight is 970 g/mol. The number of rotatable bonds is 20. The molecule has 18 heteroatoms. The van der Waals surface area contributed by atoms with Crippen LogP contribution in [0.2, 0.25) is 0 Å². The van der Waals surface area contributed by atoms with E-state index in [0.717, 1.165) is 16.7 Å². The Morgan fingerprint density at radius 1 is 0.857 bits per heavy atom. The molecule has 70 heavy (non-hydrogen) atoms. The number of likely N-dealkylation sites (tertiary alicyclic amines) is 1. The van der Waals surface area contributed by atoms with Gasteiger partial charge in [-0.15, -0.1) is 0 Å². The van der Waals surface area contributed by atoms with Crippen LogP contribution < -0.4 is 20.1 Å². The molecule has 5 unspecified atom stereocenters. The molecule has 3 amide bonds. The van der Waals surface area contributed by atoms with Gasteiger partial charge >= 0.3 is 6.03 Å². The predicted molar refractivity (Wildman–Crippen MR) is 265 cm³/mol. The topological polar surface area (TPSA) is 187 Å². The number of nitrogens with one attached hydrogen (secondary N) is 2. The summed E-state index contributed by atoms with van der Waals surface area (Å²) in [6.07, 6.45) is 1.21. The van der Waals surface area contributed by atoms with Crippen LogP contribution in [0.25, 0.3) is 11.2 Å². The van der Waals surface area contributed by atoms with Crippen molar-refractivity contribution in [1.29, 1.82) is 5.26 Å². The van der Waals surface area contributed by atoms with Crippen molar-refractivity contribution in [2.24, 2.45) is 0 Å². The maximum absolute atomic E-state index is 14.7. The number of carbonyl (C=O) groups is 2. The minimum absolute atomic E-state index is 0.0359. The van der Waals surface area contributed by atoms with E-state index in [1.807, 2.05) is 98.8 Å². The lowest BCUT2D eigenvalue weighted by molar-refractivity contribution is -0.171. The van der Waals surface area contributed by atoms with Gasteiger partial charge in [0.25, 0.3) is 14.4 Å². The molecule has 2 saturated heterocycles. The van der Waals surface area contributed by atoms with E-state index in [2.05, 4.69) is 59.0 Å². The van der Waals surface area contributed by atoms with Gasteiger partial charge in [0.2, 0.25) is 0 Å². The van der Waals surface area contributed by atoms with Crippen LogP contribution in [0.1, 0.15) is 81.2 Å². The van der Waals surface area contributed by atoms with Gasteiger partial charge in [-0.25, -0.2) is 24.4 Å². The van der Waals surface area contributed by atoms with Gasteiger partial charge in [0, 0.05) is 23.7 Å². The average Bonchev–Trinajstić information content (AvgIpc) is 4.03. The molecule has 0 saturated carbocycles. The van der Waals surface area contributed by atoms with Gasteiger partial charge in [0.1, 0.15) is 41.2 Å². The van der Waals surface area contributed by atoms with Crippen LogP contribution in [0.15, 0.2) is 122 Å². The summed E-state index contributed by atoms with van der Waals surface area (Å²) in [5.74, 6) is 1.17. The van der Waals surface area contributed by atoms with Crippen molar-refractivity contribution in [2.75, 3.05) is 39.3 Å². The molecule has 8 rings (SSSR count). The number of methoxy groups -OCH3 is 2. The lowest BCUT2D eigenvalue weighted by Crippen LogP contribution is -2.54. The van der Waals surface area contributed by atoms with Crippen molar-refractivity contribution < 1.29 is 37.6 Å². The molecule has 2 fully saturated rings. The van der Waals surface area contributed by atoms with E-state index in [1.165, 1.54) is 6.33 Å². The minimum Gasteiger partial charge on any atom is -0.497 e. The highest BCUT2D eigenvalue weighted by atomic mass is 31.2. The van der Waals surface area contributed by atoms with Gasteiger partial charge in [-0.1, -0.05) is 72.8 Å². The second-order valence-electron chi connectivity index (χ2n) is 18.0. The summed E-state index contributed by atoms with van der Waals surface area (Å²) >= 11 is 0. The lowest BCUT2D eigenvalue weighted by Gasteiger charge is -2.42. The van der Waals surface area contributed by atoms with Crippen LogP contribution in [-0.2, 0) is 24.1 Å². The second-order valence-corrected chi connectivity index (χ2v) is 19.4. The van der Waals surface area contributed by atoms with Crippen molar-refractivity contribution in [3.8, 4) is 17.6 Å². The summed E-state index contributed by atoms with van der Waals surface area (Å²) in [5.41, 5.74) is 0.862. The number of hydrogen-bond donors (Lipinski definition) is 2. The highest BCUT2D eigenvalue weighted by Crippen LogP contribution is 2.57. The SMILES string of the molecule is COc1ccc(C(OCC23CN(C(=O)NC(C)C)C(C(n4cnc5c(NC(=O)c6ccccc6)ncnc54)O2)C3OP(OCCC#N)N(C(C)C)C(C)C)(c2ccccc2)c2ccc(OC)cc2)cc1. The van der Waals surface area contributed by atoms with Crippen LogP contribution >= 0.6 is 8.53 Å². The summed E-state index contributed by atoms with van der Waals surface area (Å²) in [5, 5.41) is 15.7. The van der Waals surface area contributed by atoms with E-state index >= 15 is 0 Å². The fourth-order valence-corrected chi connectivity index (χ4v) is 11.2. The third-order valence-corrected chi connectivity index (χ3v) is 14.5. The number of urea groups is 1. The number of amides is 3.